The Hall–Kier alpha value is -1.05. The van der Waals surface area contributed by atoms with Gasteiger partial charge in [-0.3, -0.25) is 4.79 Å². The lowest BCUT2D eigenvalue weighted by Crippen LogP contribution is -2.56. The van der Waals surface area contributed by atoms with Gasteiger partial charge in [-0.15, -0.1) is 0 Å². The molecule has 0 aromatic rings. The molecule has 2 heteroatoms. The van der Waals surface area contributed by atoms with E-state index in [2.05, 4.69) is 55.0 Å². The summed E-state index contributed by atoms with van der Waals surface area (Å²) in [7, 11) is 0. The highest BCUT2D eigenvalue weighted by Crippen LogP contribution is 2.68. The molecule has 0 N–H and O–H groups in total. The Morgan fingerprint density at radius 1 is 0.974 bits per heavy atom. The Morgan fingerprint density at radius 3 is 2.37 bits per heavy atom. The second-order valence-corrected chi connectivity index (χ2v) is 15.8. The molecule has 0 heterocycles. The van der Waals surface area contributed by atoms with Crippen molar-refractivity contribution in [2.45, 2.75) is 125 Å². The van der Waals surface area contributed by atoms with Gasteiger partial charge in [-0.1, -0.05) is 60.6 Å². The number of ether oxygens (including phenoxy) is 1. The smallest absolute Gasteiger partial charge is 0.159 e. The average Bonchev–Trinajstić information content (AvgIpc) is 3.21. The van der Waals surface area contributed by atoms with Crippen LogP contribution in [0.25, 0.3) is 0 Å². The number of fused-ring (bicyclic) bond motifs is 7. The second kappa shape index (κ2) is 9.51. The van der Waals surface area contributed by atoms with Gasteiger partial charge in [-0.05, 0) is 134 Å². The molecule has 0 aromatic carbocycles. The minimum absolute atomic E-state index is 0.202. The largest absolute Gasteiger partial charge is 0.495 e. The molecular formula is C36H56O2. The molecule has 12 atom stereocenters. The van der Waals surface area contributed by atoms with Crippen LogP contribution < -0.4 is 0 Å². The number of carbonyl (C=O) groups is 1. The third kappa shape index (κ3) is 3.80. The third-order valence-electron chi connectivity index (χ3n) is 14.2. The minimum atomic E-state index is 0.202. The molecule has 2 nitrogen and oxygen atoms in total. The summed E-state index contributed by atoms with van der Waals surface area (Å²) in [5, 5.41) is 0. The molecule has 38 heavy (non-hydrogen) atoms. The lowest BCUT2D eigenvalue weighted by atomic mass is 9.42. The molecule has 0 amide bonds. The van der Waals surface area contributed by atoms with Crippen LogP contribution in [0.1, 0.15) is 119 Å². The van der Waals surface area contributed by atoms with Crippen molar-refractivity contribution in [3.63, 3.8) is 0 Å². The zero-order valence-corrected chi connectivity index (χ0v) is 25.7. The summed E-state index contributed by atoms with van der Waals surface area (Å²) in [5.74, 6) is 8.69. The van der Waals surface area contributed by atoms with Crippen molar-refractivity contribution in [2.75, 3.05) is 0 Å². The van der Waals surface area contributed by atoms with Crippen molar-refractivity contribution >= 4 is 5.78 Å². The molecule has 0 saturated heterocycles. The van der Waals surface area contributed by atoms with Crippen LogP contribution in [0.3, 0.4) is 0 Å². The Bertz CT molecular complexity index is 1000. The number of hydrogen-bond acceptors (Lipinski definition) is 2. The van der Waals surface area contributed by atoms with Gasteiger partial charge < -0.3 is 4.74 Å². The van der Waals surface area contributed by atoms with Gasteiger partial charge in [0.15, 0.2) is 5.78 Å². The fourth-order valence-corrected chi connectivity index (χ4v) is 11.8. The Morgan fingerprint density at radius 2 is 1.71 bits per heavy atom. The zero-order chi connectivity index (χ0) is 27.1. The van der Waals surface area contributed by atoms with Crippen LogP contribution >= 0.6 is 0 Å². The SMILES string of the molecule is C=C(OC1CCC2(C)C(CCC3C4CCC5(CC)CC(=O)C(C(C)C)=C5C4CCC32)C1C)C1CC(C)C1C. The van der Waals surface area contributed by atoms with E-state index in [-0.39, 0.29) is 5.41 Å². The van der Waals surface area contributed by atoms with E-state index in [4.69, 9.17) is 4.74 Å². The topological polar surface area (TPSA) is 26.3 Å². The molecule has 0 radical (unpaired) electrons. The Balaban J connectivity index is 1.20. The normalized spacial score (nSPS) is 50.1. The summed E-state index contributed by atoms with van der Waals surface area (Å²) in [4.78, 5) is 13.3. The highest BCUT2D eigenvalue weighted by atomic mass is 16.5. The van der Waals surface area contributed by atoms with Gasteiger partial charge in [0.1, 0.15) is 6.10 Å². The second-order valence-electron chi connectivity index (χ2n) is 15.8. The first-order valence-electron chi connectivity index (χ1n) is 16.7. The Kier molecular flexibility index (Phi) is 6.79. The molecule has 12 unspecified atom stereocenters. The highest BCUT2D eigenvalue weighted by molar-refractivity contribution is 6.00. The quantitative estimate of drug-likeness (QED) is 0.337. The number of ketones is 1. The van der Waals surface area contributed by atoms with Crippen molar-refractivity contribution < 1.29 is 9.53 Å². The van der Waals surface area contributed by atoms with E-state index in [9.17, 15) is 4.79 Å². The summed E-state index contributed by atoms with van der Waals surface area (Å²) < 4.78 is 6.72. The van der Waals surface area contributed by atoms with E-state index in [1.807, 2.05) is 0 Å². The minimum Gasteiger partial charge on any atom is -0.495 e. The van der Waals surface area contributed by atoms with E-state index in [0.29, 0.717) is 41.0 Å². The van der Waals surface area contributed by atoms with E-state index in [1.54, 1.807) is 5.57 Å². The van der Waals surface area contributed by atoms with E-state index in [1.165, 1.54) is 63.4 Å². The molecule has 0 aromatic heterocycles. The number of rotatable bonds is 5. The monoisotopic (exact) mass is 520 g/mol. The number of carbonyl (C=O) groups excluding carboxylic acids is 1. The summed E-state index contributed by atoms with van der Waals surface area (Å²) in [6.07, 6.45) is 14.2. The first-order chi connectivity index (χ1) is 18.0. The van der Waals surface area contributed by atoms with Crippen LogP contribution in [0.15, 0.2) is 23.5 Å². The predicted octanol–water partition coefficient (Wildman–Crippen LogP) is 9.40. The third-order valence-corrected chi connectivity index (χ3v) is 14.2. The molecule has 5 fully saturated rings. The summed E-state index contributed by atoms with van der Waals surface area (Å²) >= 11 is 0. The maximum Gasteiger partial charge on any atom is 0.159 e. The van der Waals surface area contributed by atoms with Crippen LogP contribution in [-0.2, 0) is 9.53 Å². The van der Waals surface area contributed by atoms with Crippen molar-refractivity contribution in [3.05, 3.63) is 23.5 Å². The molecule has 6 rings (SSSR count). The molecule has 6 aliphatic carbocycles. The summed E-state index contributed by atoms with van der Waals surface area (Å²) in [5.41, 5.74) is 3.59. The van der Waals surface area contributed by atoms with Crippen molar-refractivity contribution in [1.82, 2.24) is 0 Å². The van der Waals surface area contributed by atoms with Crippen molar-refractivity contribution in [2.24, 2.45) is 70.0 Å². The fraction of sp³-hybridized carbons (Fsp3) is 0.861. The fourth-order valence-electron chi connectivity index (χ4n) is 11.8. The lowest BCUT2D eigenvalue weighted by molar-refractivity contribution is -0.146. The van der Waals surface area contributed by atoms with Crippen LogP contribution in [0, 0.1) is 70.0 Å². The molecule has 0 spiro atoms. The molecular weight excluding hydrogens is 464 g/mol. The molecule has 5 saturated carbocycles. The highest BCUT2D eigenvalue weighted by Gasteiger charge is 2.60. The van der Waals surface area contributed by atoms with E-state index in [0.717, 1.165) is 54.1 Å². The maximum absolute atomic E-state index is 13.3. The van der Waals surface area contributed by atoms with Crippen LogP contribution in [0.5, 0.6) is 0 Å². The van der Waals surface area contributed by atoms with E-state index < -0.39 is 0 Å². The van der Waals surface area contributed by atoms with Gasteiger partial charge in [0.25, 0.3) is 0 Å². The standard InChI is InChI=1S/C36H56O2/c1-9-36-17-14-25-26-10-12-29-23(6)32(38-24(7)28-18-21(4)22(28)5)15-16-35(29,8)30(26)13-11-27(25)34(36)33(20(2)3)31(37)19-36/h20-23,25-30,32H,7,9-19H2,1-6,8H3. The maximum atomic E-state index is 13.3. The van der Waals surface area contributed by atoms with E-state index >= 15 is 0 Å². The first kappa shape index (κ1) is 27.1. The van der Waals surface area contributed by atoms with Gasteiger partial charge in [0.2, 0.25) is 0 Å². The zero-order valence-electron chi connectivity index (χ0n) is 25.7. The summed E-state index contributed by atoms with van der Waals surface area (Å²) in [6.45, 7) is 21.3. The van der Waals surface area contributed by atoms with Crippen LogP contribution in [-0.4, -0.2) is 11.9 Å². The van der Waals surface area contributed by atoms with Crippen molar-refractivity contribution in [1.29, 1.82) is 0 Å². The number of Topliss-reactive ketones (excluding diaryl/α,β-unsaturated/α-hetero) is 1. The molecule has 6 aliphatic rings. The van der Waals surface area contributed by atoms with Crippen LogP contribution in [0.4, 0.5) is 0 Å². The summed E-state index contributed by atoms with van der Waals surface area (Å²) in [6, 6.07) is 0. The Labute approximate surface area is 233 Å². The van der Waals surface area contributed by atoms with Gasteiger partial charge >= 0.3 is 0 Å². The predicted molar refractivity (Wildman–Crippen MR) is 156 cm³/mol. The average molecular weight is 521 g/mol. The van der Waals surface area contributed by atoms with Gasteiger partial charge in [0, 0.05) is 12.3 Å². The number of allylic oxidation sites excluding steroid dienone is 3. The molecule has 212 valence electrons. The molecule has 0 bridgehead atoms. The lowest BCUT2D eigenvalue weighted by Gasteiger charge is -2.63. The van der Waals surface area contributed by atoms with Gasteiger partial charge in [0.05, 0.1) is 5.76 Å². The van der Waals surface area contributed by atoms with Gasteiger partial charge in [-0.25, -0.2) is 0 Å². The number of hydrogen-bond donors (Lipinski definition) is 0. The van der Waals surface area contributed by atoms with Crippen molar-refractivity contribution in [3.8, 4) is 0 Å². The molecule has 0 aliphatic heterocycles. The van der Waals surface area contributed by atoms with Gasteiger partial charge in [-0.2, -0.15) is 0 Å². The van der Waals surface area contributed by atoms with Crippen LogP contribution in [0.2, 0.25) is 0 Å². The first-order valence-corrected chi connectivity index (χ1v) is 16.7.